The standard InChI is InChI=1S/C13H21N3O2/c1-5-10(7-12(17)18)15-13-14-9(4)6-11(16-13)8(2)3/h6,8,10H,5,7H2,1-4H3,(H,17,18)(H,14,15,16). The Morgan fingerprint density at radius 3 is 2.61 bits per heavy atom. The van der Waals surface area contributed by atoms with Crippen molar-refractivity contribution in [3.05, 3.63) is 17.5 Å². The van der Waals surface area contributed by atoms with Gasteiger partial charge in [0.1, 0.15) is 0 Å². The molecule has 1 atom stereocenters. The molecule has 0 aliphatic heterocycles. The number of rotatable bonds is 6. The van der Waals surface area contributed by atoms with E-state index in [0.717, 1.165) is 17.8 Å². The zero-order valence-corrected chi connectivity index (χ0v) is 11.4. The molecule has 0 fully saturated rings. The number of carbonyl (C=O) groups is 1. The molecule has 0 aliphatic carbocycles. The highest BCUT2D eigenvalue weighted by Crippen LogP contribution is 2.15. The van der Waals surface area contributed by atoms with Crippen LogP contribution in [-0.2, 0) is 4.79 Å². The van der Waals surface area contributed by atoms with Gasteiger partial charge in [-0.15, -0.1) is 0 Å². The summed E-state index contributed by atoms with van der Waals surface area (Å²) in [6.07, 6.45) is 0.797. The molecule has 0 amide bonds. The summed E-state index contributed by atoms with van der Waals surface area (Å²) in [7, 11) is 0. The van der Waals surface area contributed by atoms with E-state index in [-0.39, 0.29) is 12.5 Å². The van der Waals surface area contributed by atoms with Gasteiger partial charge in [-0.25, -0.2) is 9.97 Å². The Balaban J connectivity index is 2.85. The van der Waals surface area contributed by atoms with E-state index in [0.29, 0.717) is 11.9 Å². The van der Waals surface area contributed by atoms with Crippen LogP contribution in [0.5, 0.6) is 0 Å². The molecule has 0 aromatic carbocycles. The van der Waals surface area contributed by atoms with Gasteiger partial charge in [-0.2, -0.15) is 0 Å². The van der Waals surface area contributed by atoms with Crippen LogP contribution in [0.2, 0.25) is 0 Å². The fourth-order valence-corrected chi connectivity index (χ4v) is 1.64. The average Bonchev–Trinajstić information content (AvgIpc) is 2.26. The lowest BCUT2D eigenvalue weighted by molar-refractivity contribution is -0.137. The maximum absolute atomic E-state index is 10.7. The molecule has 1 heterocycles. The Kier molecular flexibility index (Phi) is 5.07. The second-order valence-corrected chi connectivity index (χ2v) is 4.76. The van der Waals surface area contributed by atoms with E-state index in [1.165, 1.54) is 0 Å². The first-order valence-electron chi connectivity index (χ1n) is 6.26. The van der Waals surface area contributed by atoms with Crippen LogP contribution in [0.4, 0.5) is 5.95 Å². The quantitative estimate of drug-likeness (QED) is 0.812. The first-order valence-corrected chi connectivity index (χ1v) is 6.26. The number of aliphatic carboxylic acids is 1. The van der Waals surface area contributed by atoms with E-state index >= 15 is 0 Å². The highest BCUT2D eigenvalue weighted by molar-refractivity contribution is 5.68. The number of aryl methyl sites for hydroxylation is 1. The summed E-state index contributed by atoms with van der Waals surface area (Å²) in [4.78, 5) is 19.4. The van der Waals surface area contributed by atoms with Gasteiger partial charge in [0.05, 0.1) is 6.42 Å². The van der Waals surface area contributed by atoms with Crippen LogP contribution in [0, 0.1) is 6.92 Å². The SMILES string of the molecule is CCC(CC(=O)O)Nc1nc(C)cc(C(C)C)n1. The number of carboxylic acids is 1. The van der Waals surface area contributed by atoms with Crippen molar-refractivity contribution < 1.29 is 9.90 Å². The molecular weight excluding hydrogens is 230 g/mol. The van der Waals surface area contributed by atoms with Crippen molar-refractivity contribution >= 4 is 11.9 Å². The molecule has 0 aliphatic rings. The summed E-state index contributed by atoms with van der Waals surface area (Å²) in [5, 5.41) is 11.9. The number of hydrogen-bond acceptors (Lipinski definition) is 4. The third kappa shape index (κ3) is 4.31. The lowest BCUT2D eigenvalue weighted by Gasteiger charge is -2.16. The molecule has 100 valence electrons. The predicted octanol–water partition coefficient (Wildman–Crippen LogP) is 2.57. The molecule has 18 heavy (non-hydrogen) atoms. The fourth-order valence-electron chi connectivity index (χ4n) is 1.64. The summed E-state index contributed by atoms with van der Waals surface area (Å²) >= 11 is 0. The summed E-state index contributed by atoms with van der Waals surface area (Å²) in [6.45, 7) is 8.00. The van der Waals surface area contributed by atoms with Gasteiger partial charge in [-0.1, -0.05) is 20.8 Å². The minimum absolute atomic E-state index is 0.0742. The van der Waals surface area contributed by atoms with Crippen LogP contribution in [0.3, 0.4) is 0 Å². The maximum Gasteiger partial charge on any atom is 0.305 e. The van der Waals surface area contributed by atoms with Crippen LogP contribution in [0.15, 0.2) is 6.07 Å². The highest BCUT2D eigenvalue weighted by Gasteiger charge is 2.13. The van der Waals surface area contributed by atoms with Gasteiger partial charge in [-0.05, 0) is 25.3 Å². The van der Waals surface area contributed by atoms with Gasteiger partial charge < -0.3 is 10.4 Å². The van der Waals surface area contributed by atoms with Gasteiger partial charge in [0.2, 0.25) is 5.95 Å². The number of anilines is 1. The van der Waals surface area contributed by atoms with E-state index in [2.05, 4.69) is 29.1 Å². The Hall–Kier alpha value is -1.65. The number of carboxylic acid groups (broad SMARTS) is 1. The van der Waals surface area contributed by atoms with E-state index < -0.39 is 5.97 Å². The molecule has 0 bridgehead atoms. The normalized spacial score (nSPS) is 12.5. The monoisotopic (exact) mass is 251 g/mol. The van der Waals surface area contributed by atoms with Gasteiger partial charge in [0.15, 0.2) is 0 Å². The fraction of sp³-hybridized carbons (Fsp3) is 0.615. The smallest absolute Gasteiger partial charge is 0.305 e. The molecule has 1 unspecified atom stereocenters. The first-order chi connectivity index (χ1) is 8.42. The average molecular weight is 251 g/mol. The Bertz CT molecular complexity index is 419. The van der Waals surface area contributed by atoms with Gasteiger partial charge in [0.25, 0.3) is 0 Å². The van der Waals surface area contributed by atoms with Crippen molar-refractivity contribution in [3.63, 3.8) is 0 Å². The third-order valence-electron chi connectivity index (χ3n) is 2.71. The van der Waals surface area contributed by atoms with Crippen LogP contribution in [0.1, 0.15) is 50.9 Å². The molecule has 0 saturated carbocycles. The molecule has 1 aromatic heterocycles. The minimum Gasteiger partial charge on any atom is -0.481 e. The van der Waals surface area contributed by atoms with E-state index in [1.54, 1.807) is 0 Å². The van der Waals surface area contributed by atoms with Crippen molar-refractivity contribution in [2.75, 3.05) is 5.32 Å². The Labute approximate surface area is 108 Å². The second-order valence-electron chi connectivity index (χ2n) is 4.76. The largest absolute Gasteiger partial charge is 0.481 e. The number of hydrogen-bond donors (Lipinski definition) is 2. The van der Waals surface area contributed by atoms with E-state index in [4.69, 9.17) is 5.11 Å². The van der Waals surface area contributed by atoms with Crippen molar-refractivity contribution in [1.29, 1.82) is 0 Å². The second kappa shape index (κ2) is 6.33. The topological polar surface area (TPSA) is 75.1 Å². The summed E-state index contributed by atoms with van der Waals surface area (Å²) < 4.78 is 0. The van der Waals surface area contributed by atoms with Crippen molar-refractivity contribution in [2.45, 2.75) is 52.5 Å². The van der Waals surface area contributed by atoms with Crippen LogP contribution in [-0.4, -0.2) is 27.1 Å². The number of aromatic nitrogens is 2. The zero-order valence-electron chi connectivity index (χ0n) is 11.4. The van der Waals surface area contributed by atoms with Gasteiger partial charge in [-0.3, -0.25) is 4.79 Å². The number of nitrogens with one attached hydrogen (secondary N) is 1. The molecule has 5 heteroatoms. The molecule has 0 saturated heterocycles. The number of nitrogens with zero attached hydrogens (tertiary/aromatic N) is 2. The Morgan fingerprint density at radius 1 is 1.44 bits per heavy atom. The molecule has 2 N–H and O–H groups in total. The van der Waals surface area contributed by atoms with Crippen LogP contribution < -0.4 is 5.32 Å². The van der Waals surface area contributed by atoms with Crippen molar-refractivity contribution in [3.8, 4) is 0 Å². The van der Waals surface area contributed by atoms with E-state index in [1.807, 2.05) is 19.9 Å². The summed E-state index contributed by atoms with van der Waals surface area (Å²) in [5.41, 5.74) is 1.86. The van der Waals surface area contributed by atoms with Crippen LogP contribution >= 0.6 is 0 Å². The predicted molar refractivity (Wildman–Crippen MR) is 70.8 cm³/mol. The van der Waals surface area contributed by atoms with Crippen molar-refractivity contribution in [2.24, 2.45) is 0 Å². The molecular formula is C13H21N3O2. The van der Waals surface area contributed by atoms with Gasteiger partial charge in [0, 0.05) is 17.4 Å². The molecule has 1 rings (SSSR count). The molecule has 5 nitrogen and oxygen atoms in total. The first kappa shape index (κ1) is 14.4. The Morgan fingerprint density at radius 2 is 2.11 bits per heavy atom. The lowest BCUT2D eigenvalue weighted by atomic mass is 10.1. The maximum atomic E-state index is 10.7. The summed E-state index contributed by atoms with van der Waals surface area (Å²) in [6, 6.07) is 1.82. The lowest BCUT2D eigenvalue weighted by Crippen LogP contribution is -2.24. The molecule has 0 spiro atoms. The third-order valence-corrected chi connectivity index (χ3v) is 2.71. The zero-order chi connectivity index (χ0) is 13.7. The minimum atomic E-state index is -0.814. The van der Waals surface area contributed by atoms with Gasteiger partial charge >= 0.3 is 5.97 Å². The van der Waals surface area contributed by atoms with Crippen molar-refractivity contribution in [1.82, 2.24) is 9.97 Å². The molecule has 1 aromatic rings. The highest BCUT2D eigenvalue weighted by atomic mass is 16.4. The van der Waals surface area contributed by atoms with E-state index in [9.17, 15) is 4.79 Å². The molecule has 0 radical (unpaired) electrons. The van der Waals surface area contributed by atoms with Crippen LogP contribution in [0.25, 0.3) is 0 Å². The summed E-state index contributed by atoms with van der Waals surface area (Å²) in [5.74, 6) is 0.0321.